The van der Waals surface area contributed by atoms with Crippen LogP contribution in [0.15, 0.2) is 29.4 Å². The van der Waals surface area contributed by atoms with Crippen molar-refractivity contribution >= 4 is 11.7 Å². The maximum absolute atomic E-state index is 10.6. The lowest BCUT2D eigenvalue weighted by molar-refractivity contribution is 0.249. The van der Waals surface area contributed by atoms with Gasteiger partial charge in [-0.25, -0.2) is 10.2 Å². The predicted molar refractivity (Wildman–Crippen MR) is 72.6 cm³/mol. The monoisotopic (exact) mass is 245 g/mol. The van der Waals surface area contributed by atoms with Gasteiger partial charge in [0.1, 0.15) is 0 Å². The molecule has 1 aromatic carbocycles. The van der Waals surface area contributed by atoms with Crippen LogP contribution in [0.5, 0.6) is 0 Å². The molecule has 1 unspecified atom stereocenters. The zero-order valence-corrected chi connectivity index (χ0v) is 10.6. The summed E-state index contributed by atoms with van der Waals surface area (Å²) in [6.45, 7) is 1.92. The lowest BCUT2D eigenvalue weighted by Gasteiger charge is -2.25. The largest absolute Gasteiger partial charge is 0.350 e. The van der Waals surface area contributed by atoms with Gasteiger partial charge in [-0.05, 0) is 49.7 Å². The lowest BCUT2D eigenvalue weighted by Crippen LogP contribution is -2.25. The Kier molecular flexibility index (Phi) is 3.97. The van der Waals surface area contributed by atoms with Gasteiger partial charge in [0, 0.05) is 5.71 Å². The minimum absolute atomic E-state index is 0.508. The van der Waals surface area contributed by atoms with Crippen LogP contribution in [0, 0.1) is 0 Å². The molecule has 2 amide bonds. The van der Waals surface area contributed by atoms with E-state index in [4.69, 9.17) is 5.73 Å². The summed E-state index contributed by atoms with van der Waals surface area (Å²) in [4.78, 5) is 10.6. The number of nitrogens with zero attached hydrogens (tertiary/aromatic N) is 1. The van der Waals surface area contributed by atoms with Crippen molar-refractivity contribution in [3.8, 4) is 0 Å². The number of rotatable bonds is 3. The van der Waals surface area contributed by atoms with Gasteiger partial charge in [0.25, 0.3) is 0 Å². The highest BCUT2D eigenvalue weighted by Gasteiger charge is 2.20. The van der Waals surface area contributed by atoms with Crippen molar-refractivity contribution in [1.29, 1.82) is 0 Å². The molecular weight excluding hydrogens is 226 g/mol. The van der Waals surface area contributed by atoms with Crippen molar-refractivity contribution in [2.45, 2.75) is 38.5 Å². The quantitative estimate of drug-likeness (QED) is 0.623. The lowest BCUT2D eigenvalue weighted by atomic mass is 9.80. The van der Waals surface area contributed by atoms with Gasteiger partial charge in [0.15, 0.2) is 0 Å². The van der Waals surface area contributed by atoms with Crippen LogP contribution >= 0.6 is 0 Å². The number of benzene rings is 1. The Bertz CT molecular complexity index is 468. The van der Waals surface area contributed by atoms with E-state index in [9.17, 15) is 4.79 Å². The van der Waals surface area contributed by atoms with Crippen LogP contribution < -0.4 is 11.2 Å². The summed E-state index contributed by atoms with van der Waals surface area (Å²) in [5, 5.41) is 3.98. The average Bonchev–Trinajstić information content (AvgIpc) is 2.37. The Morgan fingerprint density at radius 3 is 3.06 bits per heavy atom. The van der Waals surface area contributed by atoms with Gasteiger partial charge in [-0.3, -0.25) is 0 Å². The Balaban J connectivity index is 2.07. The Morgan fingerprint density at radius 2 is 2.28 bits per heavy atom. The molecule has 4 heteroatoms. The maximum atomic E-state index is 10.6. The van der Waals surface area contributed by atoms with Gasteiger partial charge in [-0.15, -0.1) is 0 Å². The molecule has 1 aliphatic carbocycles. The molecular formula is C14H19N3O. The van der Waals surface area contributed by atoms with Crippen LogP contribution in [0.1, 0.15) is 43.2 Å². The number of aryl methyl sites for hydroxylation is 1. The van der Waals surface area contributed by atoms with E-state index in [2.05, 4.69) is 34.8 Å². The smallest absolute Gasteiger partial charge is 0.332 e. The molecule has 0 aliphatic heterocycles. The highest BCUT2D eigenvalue weighted by Crippen LogP contribution is 2.33. The third kappa shape index (κ3) is 3.09. The predicted octanol–water partition coefficient (Wildman–Crippen LogP) is 2.54. The molecule has 0 radical (unpaired) electrons. The summed E-state index contributed by atoms with van der Waals surface area (Å²) < 4.78 is 0. The number of nitrogens with one attached hydrogen (secondary N) is 1. The molecule has 0 bridgehead atoms. The van der Waals surface area contributed by atoms with Gasteiger partial charge in [-0.2, -0.15) is 5.10 Å². The van der Waals surface area contributed by atoms with E-state index in [0.717, 1.165) is 12.1 Å². The van der Waals surface area contributed by atoms with E-state index in [1.807, 2.05) is 6.92 Å². The number of carbonyl (C=O) groups is 1. The molecule has 0 saturated heterocycles. The van der Waals surface area contributed by atoms with Crippen LogP contribution in [0.3, 0.4) is 0 Å². The van der Waals surface area contributed by atoms with Gasteiger partial charge in [0.05, 0.1) is 0 Å². The van der Waals surface area contributed by atoms with E-state index < -0.39 is 6.03 Å². The first-order valence-electron chi connectivity index (χ1n) is 6.33. The van der Waals surface area contributed by atoms with E-state index >= 15 is 0 Å². The minimum atomic E-state index is -0.613. The molecule has 1 aliphatic rings. The second kappa shape index (κ2) is 5.67. The van der Waals surface area contributed by atoms with Crippen molar-refractivity contribution in [3.63, 3.8) is 0 Å². The minimum Gasteiger partial charge on any atom is -0.350 e. The van der Waals surface area contributed by atoms with Crippen molar-refractivity contribution < 1.29 is 4.79 Å². The van der Waals surface area contributed by atoms with E-state index in [1.54, 1.807) is 0 Å². The zero-order valence-electron chi connectivity index (χ0n) is 10.6. The average molecular weight is 245 g/mol. The highest BCUT2D eigenvalue weighted by molar-refractivity contribution is 5.84. The number of nitrogens with two attached hydrogens (primary N) is 1. The molecule has 0 saturated carbocycles. The summed E-state index contributed by atoms with van der Waals surface area (Å²) in [5.74, 6) is 0.508. The number of urea groups is 1. The van der Waals surface area contributed by atoms with Crippen LogP contribution in [-0.2, 0) is 6.42 Å². The van der Waals surface area contributed by atoms with E-state index in [-0.39, 0.29) is 0 Å². The molecule has 96 valence electrons. The fourth-order valence-electron chi connectivity index (χ4n) is 2.62. The zero-order chi connectivity index (χ0) is 13.0. The summed E-state index contributed by atoms with van der Waals surface area (Å²) in [6.07, 6.45) is 4.44. The Morgan fingerprint density at radius 1 is 1.50 bits per heavy atom. The number of amides is 2. The van der Waals surface area contributed by atoms with E-state index in [0.29, 0.717) is 5.92 Å². The van der Waals surface area contributed by atoms with Gasteiger partial charge >= 0.3 is 6.03 Å². The topological polar surface area (TPSA) is 67.5 Å². The number of carbonyl (C=O) groups excluding carboxylic acids is 1. The standard InChI is InChI=1S/C14H19N3O/c1-10(16-17-14(15)18)9-12-7-4-6-11-5-2-3-8-13(11)12/h2-3,5,8,12H,4,6-7,9H2,1H3,(H3,15,17,18)/b16-10+. The van der Waals surface area contributed by atoms with E-state index in [1.165, 1.54) is 30.4 Å². The third-order valence-electron chi connectivity index (χ3n) is 3.39. The molecule has 18 heavy (non-hydrogen) atoms. The molecule has 0 heterocycles. The number of hydrogen-bond donors (Lipinski definition) is 2. The third-order valence-corrected chi connectivity index (χ3v) is 3.39. The molecule has 1 atom stereocenters. The van der Waals surface area contributed by atoms with Crippen LogP contribution in [0.4, 0.5) is 4.79 Å². The van der Waals surface area contributed by atoms with Gasteiger partial charge < -0.3 is 5.73 Å². The molecule has 2 rings (SSSR count). The van der Waals surface area contributed by atoms with Crippen LogP contribution in [0.2, 0.25) is 0 Å². The van der Waals surface area contributed by atoms with Crippen molar-refractivity contribution in [1.82, 2.24) is 5.43 Å². The summed E-state index contributed by atoms with van der Waals surface area (Å²) >= 11 is 0. The molecule has 4 nitrogen and oxygen atoms in total. The number of hydrogen-bond acceptors (Lipinski definition) is 2. The summed E-state index contributed by atoms with van der Waals surface area (Å²) in [6, 6.07) is 7.98. The summed E-state index contributed by atoms with van der Waals surface area (Å²) in [5.41, 5.74) is 11.1. The number of primary amides is 1. The fourth-order valence-corrected chi connectivity index (χ4v) is 2.62. The first-order chi connectivity index (χ1) is 8.66. The Hall–Kier alpha value is -1.84. The SMILES string of the molecule is C/C(CC1CCCc2ccccc21)=N\NC(N)=O. The first kappa shape index (κ1) is 12.6. The molecule has 0 fully saturated rings. The van der Waals surface area contributed by atoms with Crippen molar-refractivity contribution in [2.75, 3.05) is 0 Å². The Labute approximate surface area is 107 Å². The second-order valence-corrected chi connectivity index (χ2v) is 4.82. The highest BCUT2D eigenvalue weighted by atomic mass is 16.2. The van der Waals surface area contributed by atoms with Crippen LogP contribution in [-0.4, -0.2) is 11.7 Å². The summed E-state index contributed by atoms with van der Waals surface area (Å²) in [7, 11) is 0. The second-order valence-electron chi connectivity index (χ2n) is 4.82. The van der Waals surface area contributed by atoms with Crippen molar-refractivity contribution in [2.24, 2.45) is 10.8 Å². The molecule has 0 spiro atoms. The van der Waals surface area contributed by atoms with Gasteiger partial charge in [0.2, 0.25) is 0 Å². The first-order valence-corrected chi connectivity index (χ1v) is 6.33. The fraction of sp³-hybridized carbons (Fsp3) is 0.429. The maximum Gasteiger partial charge on any atom is 0.332 e. The molecule has 0 aromatic heterocycles. The molecule has 3 N–H and O–H groups in total. The number of fused-ring (bicyclic) bond motifs is 1. The van der Waals surface area contributed by atoms with Crippen LogP contribution in [0.25, 0.3) is 0 Å². The molecule has 1 aromatic rings. The van der Waals surface area contributed by atoms with Gasteiger partial charge in [-0.1, -0.05) is 24.3 Å². The van der Waals surface area contributed by atoms with Crippen molar-refractivity contribution in [3.05, 3.63) is 35.4 Å². The number of hydrazone groups is 1. The normalized spacial score (nSPS) is 19.2.